The zero-order chi connectivity index (χ0) is 10.8. The second kappa shape index (κ2) is 3.76. The van der Waals surface area contributed by atoms with Gasteiger partial charge in [-0.25, -0.2) is 4.98 Å². The van der Waals surface area contributed by atoms with E-state index in [0.29, 0.717) is 10.7 Å². The van der Waals surface area contributed by atoms with Crippen molar-refractivity contribution < 1.29 is 0 Å². The highest BCUT2D eigenvalue weighted by atomic mass is 35.5. The van der Waals surface area contributed by atoms with Crippen LogP contribution in [0.1, 0.15) is 5.56 Å². The van der Waals surface area contributed by atoms with Crippen molar-refractivity contribution in [3.05, 3.63) is 41.2 Å². The molecule has 0 aliphatic rings. The lowest BCUT2D eigenvalue weighted by Gasteiger charge is -2.00. The van der Waals surface area contributed by atoms with Gasteiger partial charge < -0.3 is 4.57 Å². The Labute approximate surface area is 92.6 Å². The third-order valence-corrected chi connectivity index (χ3v) is 2.30. The number of nitriles is 1. The first-order valence-electron chi connectivity index (χ1n) is 4.40. The summed E-state index contributed by atoms with van der Waals surface area (Å²) in [5.41, 5.74) is 1.59. The fourth-order valence-electron chi connectivity index (χ4n) is 1.39. The lowest BCUT2D eigenvalue weighted by Crippen LogP contribution is -1.90. The number of hydrogen-bond donors (Lipinski definition) is 0. The molecule has 1 aromatic carbocycles. The summed E-state index contributed by atoms with van der Waals surface area (Å²) in [5.74, 6) is 0.796. The van der Waals surface area contributed by atoms with Crippen LogP contribution in [0.15, 0.2) is 30.5 Å². The van der Waals surface area contributed by atoms with E-state index in [9.17, 15) is 0 Å². The summed E-state index contributed by atoms with van der Waals surface area (Å²) in [6.45, 7) is 0. The van der Waals surface area contributed by atoms with Gasteiger partial charge in [0.1, 0.15) is 11.0 Å². The molecule has 0 spiro atoms. The minimum Gasteiger partial charge on any atom is -0.332 e. The molecule has 0 aliphatic heterocycles. The van der Waals surface area contributed by atoms with Gasteiger partial charge in [0.05, 0.1) is 11.6 Å². The van der Waals surface area contributed by atoms with E-state index in [2.05, 4.69) is 11.1 Å². The monoisotopic (exact) mass is 217 g/mol. The molecule has 15 heavy (non-hydrogen) atoms. The van der Waals surface area contributed by atoms with E-state index in [4.69, 9.17) is 16.9 Å². The van der Waals surface area contributed by atoms with E-state index in [1.165, 1.54) is 0 Å². The largest absolute Gasteiger partial charge is 0.332 e. The van der Waals surface area contributed by atoms with Gasteiger partial charge in [-0.3, -0.25) is 0 Å². The minimum absolute atomic E-state index is 0.469. The van der Waals surface area contributed by atoms with Crippen LogP contribution in [-0.2, 0) is 7.05 Å². The Morgan fingerprint density at radius 2 is 2.00 bits per heavy atom. The van der Waals surface area contributed by atoms with Crippen molar-refractivity contribution in [1.29, 1.82) is 5.26 Å². The molecule has 0 saturated carbocycles. The molecule has 1 aromatic heterocycles. The Hall–Kier alpha value is -1.79. The number of rotatable bonds is 1. The van der Waals surface area contributed by atoms with Crippen LogP contribution in [0.3, 0.4) is 0 Å². The van der Waals surface area contributed by atoms with Gasteiger partial charge in [0.2, 0.25) is 0 Å². The standard InChI is InChI=1S/C11H8ClN3/c1-15-7-10(12)14-11(15)9-4-2-8(6-13)3-5-9/h2-5,7H,1H3. The summed E-state index contributed by atoms with van der Waals surface area (Å²) in [7, 11) is 1.88. The molecule has 0 atom stereocenters. The fourth-order valence-corrected chi connectivity index (χ4v) is 1.62. The first kappa shape index (κ1) is 9.75. The zero-order valence-electron chi connectivity index (χ0n) is 8.11. The molecule has 1 heterocycles. The molecule has 74 valence electrons. The maximum Gasteiger partial charge on any atom is 0.147 e. The van der Waals surface area contributed by atoms with Crippen molar-refractivity contribution >= 4 is 11.6 Å². The number of halogens is 1. The predicted molar refractivity (Wildman–Crippen MR) is 58.4 cm³/mol. The molecule has 0 N–H and O–H groups in total. The second-order valence-electron chi connectivity index (χ2n) is 3.19. The molecule has 0 fully saturated rings. The average Bonchev–Trinajstić information content (AvgIpc) is 2.58. The zero-order valence-corrected chi connectivity index (χ0v) is 8.86. The molecule has 0 bridgehead atoms. The smallest absolute Gasteiger partial charge is 0.147 e. The quantitative estimate of drug-likeness (QED) is 0.737. The Balaban J connectivity index is 2.46. The van der Waals surface area contributed by atoms with Crippen LogP contribution in [0.25, 0.3) is 11.4 Å². The van der Waals surface area contributed by atoms with E-state index in [1.54, 1.807) is 18.3 Å². The lowest BCUT2D eigenvalue weighted by atomic mass is 10.1. The average molecular weight is 218 g/mol. The molecule has 0 radical (unpaired) electrons. The van der Waals surface area contributed by atoms with Crippen LogP contribution >= 0.6 is 11.6 Å². The summed E-state index contributed by atoms with van der Waals surface area (Å²) in [5, 5.41) is 9.14. The Morgan fingerprint density at radius 1 is 1.33 bits per heavy atom. The van der Waals surface area contributed by atoms with Gasteiger partial charge in [0.25, 0.3) is 0 Å². The lowest BCUT2D eigenvalue weighted by molar-refractivity contribution is 0.925. The molecule has 2 rings (SSSR count). The third-order valence-electron chi connectivity index (χ3n) is 2.12. The van der Waals surface area contributed by atoms with Gasteiger partial charge in [0, 0.05) is 18.8 Å². The molecule has 4 heteroatoms. The highest BCUT2D eigenvalue weighted by molar-refractivity contribution is 6.29. The van der Waals surface area contributed by atoms with Crippen molar-refractivity contribution in [3.8, 4) is 17.5 Å². The van der Waals surface area contributed by atoms with Crippen LogP contribution in [0, 0.1) is 11.3 Å². The molecule has 0 aliphatic carbocycles. The van der Waals surface area contributed by atoms with Crippen molar-refractivity contribution in [2.45, 2.75) is 0 Å². The van der Waals surface area contributed by atoms with Crippen LogP contribution in [-0.4, -0.2) is 9.55 Å². The maximum absolute atomic E-state index is 8.67. The van der Waals surface area contributed by atoms with Gasteiger partial charge in [-0.1, -0.05) is 11.6 Å². The highest BCUT2D eigenvalue weighted by Gasteiger charge is 2.05. The number of hydrogen-bond acceptors (Lipinski definition) is 2. The first-order valence-corrected chi connectivity index (χ1v) is 4.78. The topological polar surface area (TPSA) is 41.6 Å². The number of aryl methyl sites for hydroxylation is 1. The Kier molecular flexibility index (Phi) is 2.44. The maximum atomic E-state index is 8.67. The van der Waals surface area contributed by atoms with Crippen LogP contribution in [0.5, 0.6) is 0 Å². The molecule has 0 amide bonds. The summed E-state index contributed by atoms with van der Waals surface area (Å²) < 4.78 is 1.85. The van der Waals surface area contributed by atoms with Crippen LogP contribution in [0.4, 0.5) is 0 Å². The first-order chi connectivity index (χ1) is 7.20. The normalized spacial score (nSPS) is 9.93. The summed E-state index contributed by atoms with van der Waals surface area (Å²) in [6, 6.07) is 9.31. The predicted octanol–water partition coefficient (Wildman–Crippen LogP) is 2.61. The van der Waals surface area contributed by atoms with Crippen molar-refractivity contribution in [2.75, 3.05) is 0 Å². The molecule has 3 nitrogen and oxygen atoms in total. The minimum atomic E-state index is 0.469. The molecule has 0 unspecified atom stereocenters. The third kappa shape index (κ3) is 1.85. The van der Waals surface area contributed by atoms with E-state index in [0.717, 1.165) is 11.4 Å². The highest BCUT2D eigenvalue weighted by Crippen LogP contribution is 2.20. The van der Waals surface area contributed by atoms with E-state index in [1.807, 2.05) is 23.7 Å². The van der Waals surface area contributed by atoms with Crippen molar-refractivity contribution in [1.82, 2.24) is 9.55 Å². The van der Waals surface area contributed by atoms with E-state index in [-0.39, 0.29) is 0 Å². The Bertz CT molecular complexity index is 520. The van der Waals surface area contributed by atoms with E-state index < -0.39 is 0 Å². The molecule has 0 saturated heterocycles. The molecule has 2 aromatic rings. The Morgan fingerprint density at radius 3 is 2.47 bits per heavy atom. The van der Waals surface area contributed by atoms with Crippen LogP contribution in [0.2, 0.25) is 5.15 Å². The number of aromatic nitrogens is 2. The second-order valence-corrected chi connectivity index (χ2v) is 3.57. The molecular weight excluding hydrogens is 210 g/mol. The fraction of sp³-hybridized carbons (Fsp3) is 0.0909. The van der Waals surface area contributed by atoms with E-state index >= 15 is 0 Å². The van der Waals surface area contributed by atoms with Gasteiger partial charge in [-0.15, -0.1) is 0 Å². The van der Waals surface area contributed by atoms with Gasteiger partial charge in [-0.05, 0) is 24.3 Å². The van der Waals surface area contributed by atoms with Gasteiger partial charge in [0.15, 0.2) is 0 Å². The molecular formula is C11H8ClN3. The van der Waals surface area contributed by atoms with Crippen molar-refractivity contribution in [3.63, 3.8) is 0 Å². The number of imidazole rings is 1. The number of nitrogens with zero attached hydrogens (tertiary/aromatic N) is 3. The van der Waals surface area contributed by atoms with Crippen LogP contribution < -0.4 is 0 Å². The SMILES string of the molecule is Cn1cc(Cl)nc1-c1ccc(C#N)cc1. The van der Waals surface area contributed by atoms with Gasteiger partial charge in [-0.2, -0.15) is 5.26 Å². The number of benzene rings is 1. The summed E-state index contributed by atoms with van der Waals surface area (Å²) in [4.78, 5) is 4.18. The van der Waals surface area contributed by atoms with Gasteiger partial charge >= 0.3 is 0 Å². The summed E-state index contributed by atoms with van der Waals surface area (Å²) >= 11 is 5.79. The summed E-state index contributed by atoms with van der Waals surface area (Å²) in [6.07, 6.45) is 1.75. The van der Waals surface area contributed by atoms with Crippen molar-refractivity contribution in [2.24, 2.45) is 7.05 Å².